The van der Waals surface area contributed by atoms with E-state index >= 15 is 0 Å². The van der Waals surface area contributed by atoms with E-state index in [9.17, 15) is 14.4 Å². The number of nitrogens with one attached hydrogen (secondary N) is 1. The van der Waals surface area contributed by atoms with Crippen LogP contribution >= 0.6 is 0 Å². The second kappa shape index (κ2) is 6.55. The molecule has 3 aromatic rings. The first kappa shape index (κ1) is 16.2. The Balaban J connectivity index is 1.48. The van der Waals surface area contributed by atoms with E-state index in [1.54, 1.807) is 40.1 Å². The topological polar surface area (TPSA) is 99.8 Å². The zero-order chi connectivity index (χ0) is 18.1. The maximum absolute atomic E-state index is 12.8. The summed E-state index contributed by atoms with van der Waals surface area (Å²) < 4.78 is 10.2. The number of H-pyrrole nitrogens is 1. The Morgan fingerprint density at radius 3 is 2.50 bits per heavy atom. The van der Waals surface area contributed by atoms with Crippen molar-refractivity contribution in [3.8, 4) is 0 Å². The van der Waals surface area contributed by atoms with Crippen LogP contribution < -0.4 is 5.76 Å². The SMILES string of the molecule is O=C(c1ccc2[nH]c(=O)oc2c1)N1CCCN(C(=O)c2ccco2)CC1. The van der Waals surface area contributed by atoms with Gasteiger partial charge in [-0.3, -0.25) is 14.6 Å². The van der Waals surface area contributed by atoms with Gasteiger partial charge in [0, 0.05) is 31.7 Å². The van der Waals surface area contributed by atoms with Crippen molar-refractivity contribution in [2.45, 2.75) is 6.42 Å². The van der Waals surface area contributed by atoms with Crippen LogP contribution in [0.3, 0.4) is 0 Å². The number of oxazole rings is 1. The van der Waals surface area contributed by atoms with Crippen molar-refractivity contribution in [2.24, 2.45) is 0 Å². The lowest BCUT2D eigenvalue weighted by molar-refractivity contribution is 0.0700. The van der Waals surface area contributed by atoms with E-state index in [2.05, 4.69) is 4.98 Å². The number of amides is 2. The minimum Gasteiger partial charge on any atom is -0.459 e. The number of hydrogen-bond donors (Lipinski definition) is 1. The molecule has 0 saturated carbocycles. The van der Waals surface area contributed by atoms with Crippen molar-refractivity contribution >= 4 is 22.9 Å². The van der Waals surface area contributed by atoms with Crippen LogP contribution in [0.4, 0.5) is 0 Å². The molecule has 8 heteroatoms. The molecule has 0 atom stereocenters. The highest BCUT2D eigenvalue weighted by atomic mass is 16.4. The molecule has 1 fully saturated rings. The Kier molecular flexibility index (Phi) is 4.08. The summed E-state index contributed by atoms with van der Waals surface area (Å²) in [5.74, 6) is -0.563. The van der Waals surface area contributed by atoms with Gasteiger partial charge in [0.2, 0.25) is 0 Å². The Morgan fingerprint density at radius 2 is 1.77 bits per heavy atom. The number of nitrogens with zero attached hydrogens (tertiary/aromatic N) is 2. The Labute approximate surface area is 148 Å². The molecule has 3 heterocycles. The van der Waals surface area contributed by atoms with E-state index in [-0.39, 0.29) is 11.8 Å². The average molecular weight is 355 g/mol. The molecule has 1 aromatic carbocycles. The molecule has 0 radical (unpaired) electrons. The van der Waals surface area contributed by atoms with Gasteiger partial charge >= 0.3 is 5.76 Å². The number of carbonyl (C=O) groups is 2. The number of benzene rings is 1. The summed E-state index contributed by atoms with van der Waals surface area (Å²) in [6.45, 7) is 1.98. The van der Waals surface area contributed by atoms with Gasteiger partial charge < -0.3 is 18.6 Å². The van der Waals surface area contributed by atoms with E-state index in [0.717, 1.165) is 0 Å². The van der Waals surface area contributed by atoms with E-state index in [4.69, 9.17) is 8.83 Å². The summed E-state index contributed by atoms with van der Waals surface area (Å²) in [6, 6.07) is 8.18. The van der Waals surface area contributed by atoms with Crippen LogP contribution in [0.1, 0.15) is 27.3 Å². The Morgan fingerprint density at radius 1 is 1.00 bits per heavy atom. The standard InChI is InChI=1S/C18H17N3O5/c22-16(12-4-5-13-15(11-12)26-18(24)19-13)20-6-2-7-21(9-8-20)17(23)14-3-1-10-25-14/h1,3-5,10-11H,2,6-9H2,(H,19,24). The molecule has 4 rings (SSSR count). The molecule has 0 bridgehead atoms. The highest BCUT2D eigenvalue weighted by Crippen LogP contribution is 2.16. The molecule has 0 aliphatic carbocycles. The quantitative estimate of drug-likeness (QED) is 0.754. The van der Waals surface area contributed by atoms with Crippen molar-refractivity contribution in [3.05, 3.63) is 58.5 Å². The lowest BCUT2D eigenvalue weighted by Gasteiger charge is -2.21. The molecule has 26 heavy (non-hydrogen) atoms. The summed E-state index contributed by atoms with van der Waals surface area (Å²) in [5.41, 5.74) is 1.36. The molecular weight excluding hydrogens is 338 g/mol. The minimum atomic E-state index is -0.550. The minimum absolute atomic E-state index is 0.150. The molecule has 0 unspecified atom stereocenters. The van der Waals surface area contributed by atoms with Gasteiger partial charge in [-0.2, -0.15) is 0 Å². The predicted molar refractivity (Wildman–Crippen MR) is 92.0 cm³/mol. The lowest BCUT2D eigenvalue weighted by Crippen LogP contribution is -2.37. The van der Waals surface area contributed by atoms with E-state index in [0.29, 0.717) is 55.0 Å². The molecule has 1 aliphatic heterocycles. The normalized spacial score (nSPS) is 15.2. The largest absolute Gasteiger partial charge is 0.459 e. The van der Waals surface area contributed by atoms with Crippen LogP contribution in [0.15, 0.2) is 50.2 Å². The Hall–Kier alpha value is -3.29. The maximum atomic E-state index is 12.8. The zero-order valence-corrected chi connectivity index (χ0v) is 13.9. The summed E-state index contributed by atoms with van der Waals surface area (Å²) in [7, 11) is 0. The number of furan rings is 1. The summed E-state index contributed by atoms with van der Waals surface area (Å²) in [6.07, 6.45) is 2.15. The smallest absolute Gasteiger partial charge is 0.417 e. The number of carbonyl (C=O) groups excluding carboxylic acids is 2. The molecule has 0 spiro atoms. The van der Waals surface area contributed by atoms with Crippen molar-refractivity contribution < 1.29 is 18.4 Å². The Bertz CT molecular complexity index is 1000. The third-order valence-corrected chi connectivity index (χ3v) is 4.47. The fourth-order valence-corrected chi connectivity index (χ4v) is 3.14. The number of fused-ring (bicyclic) bond motifs is 1. The van der Waals surface area contributed by atoms with Gasteiger partial charge in [-0.1, -0.05) is 0 Å². The zero-order valence-electron chi connectivity index (χ0n) is 13.9. The van der Waals surface area contributed by atoms with E-state index in [1.165, 1.54) is 6.26 Å². The predicted octanol–water partition coefficient (Wildman–Crippen LogP) is 1.70. The summed E-state index contributed by atoms with van der Waals surface area (Å²) in [5, 5.41) is 0. The van der Waals surface area contributed by atoms with Crippen LogP contribution in [0.5, 0.6) is 0 Å². The van der Waals surface area contributed by atoms with Crippen molar-refractivity contribution in [2.75, 3.05) is 26.2 Å². The first-order valence-electron chi connectivity index (χ1n) is 8.37. The molecule has 1 aliphatic rings. The highest BCUT2D eigenvalue weighted by Gasteiger charge is 2.25. The number of aromatic amines is 1. The van der Waals surface area contributed by atoms with Gasteiger partial charge in [0.15, 0.2) is 11.3 Å². The molecule has 8 nitrogen and oxygen atoms in total. The summed E-state index contributed by atoms with van der Waals surface area (Å²) in [4.78, 5) is 42.4. The lowest BCUT2D eigenvalue weighted by atomic mass is 10.1. The number of aromatic nitrogens is 1. The van der Waals surface area contributed by atoms with Gasteiger partial charge in [-0.15, -0.1) is 0 Å². The van der Waals surface area contributed by atoms with Crippen molar-refractivity contribution in [1.29, 1.82) is 0 Å². The highest BCUT2D eigenvalue weighted by molar-refractivity contribution is 5.97. The second-order valence-corrected chi connectivity index (χ2v) is 6.14. The van der Waals surface area contributed by atoms with Crippen LogP contribution in [-0.4, -0.2) is 52.8 Å². The van der Waals surface area contributed by atoms with Crippen molar-refractivity contribution in [3.63, 3.8) is 0 Å². The molecule has 2 amide bonds. The molecule has 1 saturated heterocycles. The van der Waals surface area contributed by atoms with Crippen molar-refractivity contribution in [1.82, 2.24) is 14.8 Å². The van der Waals surface area contributed by atoms with Crippen LogP contribution in [-0.2, 0) is 0 Å². The van der Waals surface area contributed by atoms with Gasteiger partial charge in [-0.25, -0.2) is 4.79 Å². The van der Waals surface area contributed by atoms with Crippen LogP contribution in [0.25, 0.3) is 11.1 Å². The fourth-order valence-electron chi connectivity index (χ4n) is 3.14. The van der Waals surface area contributed by atoms with Gasteiger partial charge in [0.05, 0.1) is 11.8 Å². The number of hydrogen-bond acceptors (Lipinski definition) is 5. The third-order valence-electron chi connectivity index (χ3n) is 4.47. The van der Waals surface area contributed by atoms with Gasteiger partial charge in [0.25, 0.3) is 11.8 Å². The van der Waals surface area contributed by atoms with Crippen LogP contribution in [0.2, 0.25) is 0 Å². The molecule has 2 aromatic heterocycles. The average Bonchev–Trinajstić information content (AvgIpc) is 3.23. The second-order valence-electron chi connectivity index (χ2n) is 6.14. The summed E-state index contributed by atoms with van der Waals surface area (Å²) >= 11 is 0. The number of rotatable bonds is 2. The van der Waals surface area contributed by atoms with Gasteiger partial charge in [-0.05, 0) is 36.8 Å². The monoisotopic (exact) mass is 355 g/mol. The molecular formula is C18H17N3O5. The third kappa shape index (κ3) is 3.01. The fraction of sp³-hybridized carbons (Fsp3) is 0.278. The first-order chi connectivity index (χ1) is 12.6. The maximum Gasteiger partial charge on any atom is 0.417 e. The van der Waals surface area contributed by atoms with Gasteiger partial charge in [0.1, 0.15) is 0 Å². The molecule has 1 N–H and O–H groups in total. The van der Waals surface area contributed by atoms with Crippen LogP contribution in [0, 0.1) is 0 Å². The molecule has 134 valence electrons. The first-order valence-corrected chi connectivity index (χ1v) is 8.37. The van der Waals surface area contributed by atoms with E-state index in [1.807, 2.05) is 0 Å². The van der Waals surface area contributed by atoms with E-state index < -0.39 is 5.76 Å².